The van der Waals surface area contributed by atoms with Gasteiger partial charge in [-0.05, 0) is 54.8 Å². The molecule has 1 N–H and O–H groups in total. The second kappa shape index (κ2) is 7.44. The summed E-state index contributed by atoms with van der Waals surface area (Å²) in [6.45, 7) is 4.38. The summed E-state index contributed by atoms with van der Waals surface area (Å²) in [5.74, 6) is 0.0677. The van der Waals surface area contributed by atoms with Crippen molar-refractivity contribution in [3.8, 4) is 5.75 Å². The smallest absolute Gasteiger partial charge is 0.166 e. The fourth-order valence-electron chi connectivity index (χ4n) is 3.42. The van der Waals surface area contributed by atoms with Crippen LogP contribution in [0.5, 0.6) is 5.75 Å². The van der Waals surface area contributed by atoms with E-state index in [-0.39, 0.29) is 12.4 Å². The van der Waals surface area contributed by atoms with E-state index >= 15 is 0 Å². The van der Waals surface area contributed by atoms with Crippen molar-refractivity contribution in [3.63, 3.8) is 0 Å². The number of aliphatic hydroxyl groups is 1. The van der Waals surface area contributed by atoms with Gasteiger partial charge in [0.05, 0.1) is 26.2 Å². The molecule has 2 aromatic carbocycles. The summed E-state index contributed by atoms with van der Waals surface area (Å²) < 4.78 is 10.9. The molecule has 0 unspecified atom stereocenters. The molecule has 3 rings (SSSR count). The van der Waals surface area contributed by atoms with E-state index in [1.54, 1.807) is 13.2 Å². The maximum Gasteiger partial charge on any atom is 0.166 e. The average Bonchev–Trinajstić information content (AvgIpc) is 2.91. The summed E-state index contributed by atoms with van der Waals surface area (Å²) in [4.78, 5) is 12.4. The predicted octanol–water partition coefficient (Wildman–Crippen LogP) is 3.48. The highest BCUT2D eigenvalue weighted by molar-refractivity contribution is 6.00. The van der Waals surface area contributed by atoms with E-state index < -0.39 is 11.5 Å². The van der Waals surface area contributed by atoms with Crippen molar-refractivity contribution in [1.29, 1.82) is 0 Å². The molecule has 2 aromatic rings. The molecule has 136 valence electrons. The van der Waals surface area contributed by atoms with Gasteiger partial charge in [-0.25, -0.2) is 0 Å². The molecule has 4 heteroatoms. The highest BCUT2D eigenvalue weighted by Crippen LogP contribution is 2.38. The SMILES string of the molecule is COc1ccc(COC[C@]2(O)C=CC(=O)[C@@H]2c2ccc(C)cc2C)cc1. The first-order chi connectivity index (χ1) is 12.4. The quantitative estimate of drug-likeness (QED) is 0.865. The number of carbonyl (C=O) groups is 1. The van der Waals surface area contributed by atoms with Gasteiger partial charge in [-0.2, -0.15) is 0 Å². The van der Waals surface area contributed by atoms with E-state index in [0.717, 1.165) is 28.0 Å². The Labute approximate surface area is 154 Å². The summed E-state index contributed by atoms with van der Waals surface area (Å²) in [5.41, 5.74) is 2.63. The van der Waals surface area contributed by atoms with Crippen LogP contribution >= 0.6 is 0 Å². The zero-order valence-electron chi connectivity index (χ0n) is 15.4. The Morgan fingerprint density at radius 2 is 1.85 bits per heavy atom. The minimum absolute atomic E-state index is 0.0548. The summed E-state index contributed by atoms with van der Waals surface area (Å²) in [5, 5.41) is 11.1. The molecule has 2 atom stereocenters. The molecule has 0 aliphatic heterocycles. The minimum atomic E-state index is -1.33. The number of hydrogen-bond acceptors (Lipinski definition) is 4. The number of ether oxygens (including phenoxy) is 2. The van der Waals surface area contributed by atoms with Crippen LogP contribution < -0.4 is 4.74 Å². The molecule has 0 fully saturated rings. The number of benzene rings is 2. The lowest BCUT2D eigenvalue weighted by atomic mass is 9.82. The van der Waals surface area contributed by atoms with Gasteiger partial charge in [-0.15, -0.1) is 0 Å². The fraction of sp³-hybridized carbons (Fsp3) is 0.318. The Hall–Kier alpha value is -2.43. The molecule has 0 heterocycles. The third kappa shape index (κ3) is 3.71. The zero-order valence-corrected chi connectivity index (χ0v) is 15.4. The zero-order chi connectivity index (χ0) is 18.7. The van der Waals surface area contributed by atoms with E-state index in [2.05, 4.69) is 0 Å². The van der Waals surface area contributed by atoms with Gasteiger partial charge in [0.25, 0.3) is 0 Å². The van der Waals surface area contributed by atoms with Crippen LogP contribution in [0.3, 0.4) is 0 Å². The number of hydrogen-bond donors (Lipinski definition) is 1. The molecule has 0 saturated carbocycles. The van der Waals surface area contributed by atoms with Crippen molar-refractivity contribution >= 4 is 5.78 Å². The number of ketones is 1. The second-order valence-electron chi connectivity index (χ2n) is 6.86. The summed E-state index contributed by atoms with van der Waals surface area (Å²) in [7, 11) is 1.62. The van der Waals surface area contributed by atoms with Crippen molar-refractivity contribution in [2.24, 2.45) is 0 Å². The molecule has 0 amide bonds. The number of rotatable bonds is 6. The Morgan fingerprint density at radius 3 is 2.50 bits per heavy atom. The predicted molar refractivity (Wildman–Crippen MR) is 100 cm³/mol. The topological polar surface area (TPSA) is 55.8 Å². The van der Waals surface area contributed by atoms with Crippen LogP contribution in [-0.2, 0) is 16.1 Å². The second-order valence-corrected chi connectivity index (χ2v) is 6.86. The first-order valence-corrected chi connectivity index (χ1v) is 8.66. The van der Waals surface area contributed by atoms with Crippen molar-refractivity contribution in [2.75, 3.05) is 13.7 Å². The Morgan fingerprint density at radius 1 is 1.12 bits per heavy atom. The third-order valence-corrected chi connectivity index (χ3v) is 4.82. The third-order valence-electron chi connectivity index (χ3n) is 4.82. The van der Waals surface area contributed by atoms with Gasteiger partial charge in [0.1, 0.15) is 11.4 Å². The van der Waals surface area contributed by atoms with Crippen LogP contribution in [0.25, 0.3) is 0 Å². The largest absolute Gasteiger partial charge is 0.497 e. The van der Waals surface area contributed by atoms with Gasteiger partial charge in [0.2, 0.25) is 0 Å². The van der Waals surface area contributed by atoms with Gasteiger partial charge >= 0.3 is 0 Å². The van der Waals surface area contributed by atoms with Crippen LogP contribution in [0.4, 0.5) is 0 Å². The minimum Gasteiger partial charge on any atom is -0.497 e. The molecular weight excluding hydrogens is 328 g/mol. The fourth-order valence-corrected chi connectivity index (χ4v) is 3.42. The monoisotopic (exact) mass is 352 g/mol. The number of carbonyl (C=O) groups excluding carboxylic acids is 1. The van der Waals surface area contributed by atoms with E-state index in [9.17, 15) is 9.90 Å². The maximum atomic E-state index is 12.4. The lowest BCUT2D eigenvalue weighted by Crippen LogP contribution is -2.39. The van der Waals surface area contributed by atoms with Crippen LogP contribution in [0, 0.1) is 13.8 Å². The van der Waals surface area contributed by atoms with E-state index in [1.807, 2.05) is 56.3 Å². The molecule has 0 spiro atoms. The average molecular weight is 352 g/mol. The number of aryl methyl sites for hydroxylation is 2. The molecule has 0 radical (unpaired) electrons. The number of allylic oxidation sites excluding steroid dienone is 1. The molecule has 0 saturated heterocycles. The van der Waals surface area contributed by atoms with Crippen molar-refractivity contribution in [1.82, 2.24) is 0 Å². The first kappa shape index (κ1) is 18.4. The normalized spacial score (nSPS) is 22.0. The highest BCUT2D eigenvalue weighted by atomic mass is 16.5. The maximum absolute atomic E-state index is 12.4. The molecule has 0 aromatic heterocycles. The Balaban J connectivity index is 1.72. The summed E-state index contributed by atoms with van der Waals surface area (Å²) >= 11 is 0. The molecule has 1 aliphatic carbocycles. The van der Waals surface area contributed by atoms with E-state index in [4.69, 9.17) is 9.47 Å². The molecule has 0 bridgehead atoms. The van der Waals surface area contributed by atoms with Gasteiger partial charge in [0, 0.05) is 0 Å². The van der Waals surface area contributed by atoms with Crippen molar-refractivity contribution in [2.45, 2.75) is 32.0 Å². The van der Waals surface area contributed by atoms with Gasteiger partial charge in [-0.1, -0.05) is 35.9 Å². The standard InChI is InChI=1S/C22H24O4/c1-15-4-9-19(16(2)12-15)21-20(23)10-11-22(21,24)14-26-13-17-5-7-18(25-3)8-6-17/h4-12,21,24H,13-14H2,1-3H3/t21-,22+/m0/s1. The van der Waals surface area contributed by atoms with Gasteiger partial charge < -0.3 is 14.6 Å². The first-order valence-electron chi connectivity index (χ1n) is 8.66. The summed E-state index contributed by atoms with van der Waals surface area (Å²) in [6, 6.07) is 13.5. The lowest BCUT2D eigenvalue weighted by molar-refractivity contribution is -0.121. The van der Waals surface area contributed by atoms with Gasteiger partial charge in [0.15, 0.2) is 5.78 Å². The Kier molecular flexibility index (Phi) is 5.25. The van der Waals surface area contributed by atoms with Crippen LogP contribution in [0.2, 0.25) is 0 Å². The summed E-state index contributed by atoms with van der Waals surface area (Å²) in [6.07, 6.45) is 3.02. The highest BCUT2D eigenvalue weighted by Gasteiger charge is 2.44. The molecule has 26 heavy (non-hydrogen) atoms. The molecule has 1 aliphatic rings. The van der Waals surface area contributed by atoms with Crippen molar-refractivity contribution in [3.05, 3.63) is 76.9 Å². The van der Waals surface area contributed by atoms with Crippen LogP contribution in [-0.4, -0.2) is 30.2 Å². The van der Waals surface area contributed by atoms with Crippen molar-refractivity contribution < 1.29 is 19.4 Å². The molecular formula is C22H24O4. The van der Waals surface area contributed by atoms with Crippen LogP contribution in [0.15, 0.2) is 54.6 Å². The number of methoxy groups -OCH3 is 1. The lowest BCUT2D eigenvalue weighted by Gasteiger charge is -2.29. The van der Waals surface area contributed by atoms with E-state index in [0.29, 0.717) is 6.61 Å². The van der Waals surface area contributed by atoms with E-state index in [1.165, 1.54) is 6.08 Å². The van der Waals surface area contributed by atoms with Crippen LogP contribution in [0.1, 0.15) is 28.2 Å². The molecule has 4 nitrogen and oxygen atoms in total. The Bertz CT molecular complexity index is 823. The van der Waals surface area contributed by atoms with Gasteiger partial charge in [-0.3, -0.25) is 4.79 Å².